The summed E-state index contributed by atoms with van der Waals surface area (Å²) in [6, 6.07) is 0. The van der Waals surface area contributed by atoms with E-state index in [0.717, 1.165) is 77.0 Å². The van der Waals surface area contributed by atoms with Crippen molar-refractivity contribution in [2.45, 2.75) is 129 Å². The highest BCUT2D eigenvalue weighted by Crippen LogP contribution is 2.19. The molecule has 1 N–H and O–H groups in total. The fraction of sp³-hybridized carbons (Fsp3) is 0.553. The van der Waals surface area contributed by atoms with Crippen molar-refractivity contribution in [3.05, 3.63) is 98.0 Å². The zero-order valence-electron chi connectivity index (χ0n) is 27.8. The Balaban J connectivity index is 6.08. The summed E-state index contributed by atoms with van der Waals surface area (Å²) in [4.78, 5) is 12.3. The minimum Gasteiger partial charge on any atom is -0.492 e. The number of unbranched alkanes of at least 4 members (excludes halogenated alkanes) is 8. The number of carbonyl (C=O) groups excluding carboxylic acids is 1. The molecule has 4 atom stereocenters. The molecule has 0 aromatic rings. The van der Waals surface area contributed by atoms with Crippen molar-refractivity contribution in [1.82, 2.24) is 0 Å². The molecular weight excluding hydrogens is 552 g/mol. The Bertz CT molecular complexity index is 880. The van der Waals surface area contributed by atoms with E-state index in [0.29, 0.717) is 6.29 Å². The van der Waals surface area contributed by atoms with Crippen LogP contribution in [0, 0.1) is 0 Å². The first-order valence-electron chi connectivity index (χ1n) is 16.6. The molecule has 0 heterocycles. The van der Waals surface area contributed by atoms with Crippen LogP contribution in [0.3, 0.4) is 0 Å². The van der Waals surface area contributed by atoms with E-state index < -0.39 is 24.4 Å². The van der Waals surface area contributed by atoms with Gasteiger partial charge >= 0.3 is 0 Å². The van der Waals surface area contributed by atoms with Crippen LogP contribution in [-0.4, -0.2) is 42.4 Å². The van der Waals surface area contributed by atoms with Gasteiger partial charge < -0.3 is 24.1 Å². The molecule has 0 aromatic carbocycles. The first-order valence-corrected chi connectivity index (χ1v) is 16.6. The van der Waals surface area contributed by atoms with Gasteiger partial charge in [0.05, 0.1) is 31.7 Å². The van der Waals surface area contributed by atoms with Gasteiger partial charge in [0.15, 0.2) is 30.7 Å². The second-order valence-electron chi connectivity index (χ2n) is 10.4. The second kappa shape index (κ2) is 32.7. The van der Waals surface area contributed by atoms with Crippen LogP contribution < -0.4 is 0 Å². The molecule has 0 aliphatic carbocycles. The van der Waals surface area contributed by atoms with Gasteiger partial charge in [-0.3, -0.25) is 4.79 Å². The maximum absolute atomic E-state index is 12.3. The van der Waals surface area contributed by atoms with Crippen LogP contribution in [0.5, 0.6) is 0 Å². The molecule has 0 aromatic heterocycles. The molecule has 0 spiro atoms. The second-order valence-corrected chi connectivity index (χ2v) is 10.4. The lowest BCUT2D eigenvalue weighted by Crippen LogP contribution is -2.49. The van der Waals surface area contributed by atoms with Crippen LogP contribution in [0.1, 0.15) is 105 Å². The van der Waals surface area contributed by atoms with Gasteiger partial charge in [0.25, 0.3) is 0 Å². The molecule has 0 amide bonds. The molecule has 6 heteroatoms. The van der Waals surface area contributed by atoms with Gasteiger partial charge in [0.2, 0.25) is 0 Å². The van der Waals surface area contributed by atoms with E-state index in [-0.39, 0.29) is 6.61 Å². The molecule has 0 saturated carbocycles. The summed E-state index contributed by atoms with van der Waals surface area (Å²) in [5.41, 5.74) is 0. The average molecular weight is 613 g/mol. The molecule has 0 aliphatic rings. The van der Waals surface area contributed by atoms with Crippen molar-refractivity contribution in [1.29, 1.82) is 0 Å². The van der Waals surface area contributed by atoms with Crippen molar-refractivity contribution in [3.8, 4) is 0 Å². The Morgan fingerprint density at radius 2 is 0.864 bits per heavy atom. The highest BCUT2D eigenvalue weighted by atomic mass is 16.6. The lowest BCUT2D eigenvalue weighted by Gasteiger charge is -2.33. The Kier molecular flexibility index (Phi) is 30.2. The zero-order chi connectivity index (χ0) is 32.4. The molecule has 0 bridgehead atoms. The van der Waals surface area contributed by atoms with Crippen LogP contribution in [0.15, 0.2) is 98.0 Å². The minimum absolute atomic E-state index is 0.364. The fourth-order valence-corrected chi connectivity index (χ4v) is 3.85. The number of aldehydes is 1. The average Bonchev–Trinajstić information content (AvgIpc) is 3.04. The summed E-state index contributed by atoms with van der Waals surface area (Å²) in [6.07, 6.45) is 38.9. The monoisotopic (exact) mass is 612 g/mol. The molecule has 0 fully saturated rings. The fourth-order valence-electron chi connectivity index (χ4n) is 3.85. The number of carbonyl (C=O) groups is 1. The van der Waals surface area contributed by atoms with E-state index in [1.807, 2.05) is 24.3 Å². The van der Waals surface area contributed by atoms with E-state index >= 15 is 0 Å². The topological polar surface area (TPSA) is 74.2 Å². The summed E-state index contributed by atoms with van der Waals surface area (Å²) in [6.45, 7) is 8.25. The van der Waals surface area contributed by atoms with Gasteiger partial charge in [-0.05, 0) is 50.0 Å². The van der Waals surface area contributed by atoms with Crippen molar-refractivity contribution < 1.29 is 28.8 Å². The summed E-state index contributed by atoms with van der Waals surface area (Å²) >= 11 is 0. The molecule has 248 valence electrons. The maximum atomic E-state index is 12.3. The van der Waals surface area contributed by atoms with Crippen LogP contribution in [-0.2, 0) is 23.7 Å². The smallest absolute Gasteiger partial charge is 0.193 e. The highest BCUT2D eigenvalue weighted by Gasteiger charge is 2.39. The normalized spacial score (nSPS) is 15.6. The summed E-state index contributed by atoms with van der Waals surface area (Å²) in [5, 5.41) is 10.3. The van der Waals surface area contributed by atoms with Gasteiger partial charge in [-0.2, -0.15) is 0 Å². The summed E-state index contributed by atoms with van der Waals surface area (Å²) in [5.74, 6) is 0. The summed E-state index contributed by atoms with van der Waals surface area (Å²) < 4.78 is 24.0. The van der Waals surface area contributed by atoms with Crippen LogP contribution in [0.25, 0.3) is 0 Å². The number of ether oxygens (including phenoxy) is 4. The third-order valence-corrected chi connectivity index (χ3v) is 6.49. The highest BCUT2D eigenvalue weighted by molar-refractivity contribution is 5.57. The van der Waals surface area contributed by atoms with Crippen LogP contribution in [0.2, 0.25) is 0 Å². The molecule has 0 saturated heterocycles. The predicted octanol–water partition coefficient (Wildman–Crippen LogP) is 9.76. The molecule has 6 nitrogen and oxygen atoms in total. The standard InChI is InChI=1S/C38H60O6/c1-5-9-13-17-21-25-29-41-35(33-39)37(43-31-27-23-19-15-11-7-3)38(44-32-28-24-20-16-12-8-4)36(34-40)42-30-26-22-18-14-10-6-2/h17-33,35-38,40H,5-16,34H2,1-4H3/t35-,36+,37+,38+/m0/s1. The van der Waals surface area contributed by atoms with Gasteiger partial charge in [-0.25, -0.2) is 0 Å². The zero-order valence-corrected chi connectivity index (χ0v) is 27.8. The Morgan fingerprint density at radius 1 is 0.500 bits per heavy atom. The minimum atomic E-state index is -1.03. The van der Waals surface area contributed by atoms with E-state index in [9.17, 15) is 9.90 Å². The number of hydrogen-bond donors (Lipinski definition) is 1. The van der Waals surface area contributed by atoms with Crippen molar-refractivity contribution in [3.63, 3.8) is 0 Å². The number of hydrogen-bond acceptors (Lipinski definition) is 6. The Hall–Kier alpha value is -3.25. The number of rotatable bonds is 29. The molecular formula is C38H60O6. The molecule has 0 aliphatic heterocycles. The van der Waals surface area contributed by atoms with Crippen LogP contribution >= 0.6 is 0 Å². The van der Waals surface area contributed by atoms with E-state index in [1.54, 1.807) is 24.3 Å². The Labute approximate surface area is 268 Å². The number of aliphatic hydroxyl groups excluding tert-OH is 1. The SMILES string of the molecule is CCCCC=CC=CO[C@@H]([C@H](OC=CC=CCCCC)[C@@H](CO)OC=CC=CCCCC)[C@H](C=O)OC=CC=CCCCC. The van der Waals surface area contributed by atoms with Gasteiger partial charge in [-0.1, -0.05) is 128 Å². The van der Waals surface area contributed by atoms with Crippen molar-refractivity contribution in [2.24, 2.45) is 0 Å². The van der Waals surface area contributed by atoms with E-state index in [4.69, 9.17) is 18.9 Å². The summed E-state index contributed by atoms with van der Waals surface area (Å²) in [7, 11) is 0. The first kappa shape index (κ1) is 40.8. The first-order chi connectivity index (χ1) is 21.7. The maximum Gasteiger partial charge on any atom is 0.193 e. The molecule has 0 unspecified atom stereocenters. The third kappa shape index (κ3) is 23.2. The van der Waals surface area contributed by atoms with Gasteiger partial charge in [-0.15, -0.1) is 0 Å². The van der Waals surface area contributed by atoms with Gasteiger partial charge in [0, 0.05) is 0 Å². The van der Waals surface area contributed by atoms with Crippen molar-refractivity contribution in [2.75, 3.05) is 6.61 Å². The van der Waals surface area contributed by atoms with E-state index in [2.05, 4.69) is 52.0 Å². The predicted molar refractivity (Wildman–Crippen MR) is 184 cm³/mol. The number of aliphatic hydroxyl groups is 1. The third-order valence-electron chi connectivity index (χ3n) is 6.49. The van der Waals surface area contributed by atoms with Crippen LogP contribution in [0.4, 0.5) is 0 Å². The van der Waals surface area contributed by atoms with Gasteiger partial charge in [0.1, 0.15) is 0 Å². The largest absolute Gasteiger partial charge is 0.492 e. The Morgan fingerprint density at radius 3 is 1.23 bits per heavy atom. The lowest BCUT2D eigenvalue weighted by atomic mass is 10.0. The van der Waals surface area contributed by atoms with Crippen molar-refractivity contribution >= 4 is 6.29 Å². The number of allylic oxidation sites excluding steroid dienone is 12. The quantitative estimate of drug-likeness (QED) is 0.0392. The lowest BCUT2D eigenvalue weighted by molar-refractivity contribution is -0.141. The molecule has 0 rings (SSSR count). The molecule has 0 radical (unpaired) electrons. The molecule has 44 heavy (non-hydrogen) atoms. The van der Waals surface area contributed by atoms with E-state index in [1.165, 1.54) is 25.0 Å².